The number of amides is 1. The number of carbonyl (C=O) groups excluding carboxylic acids is 1. The van der Waals surface area contributed by atoms with E-state index in [1.807, 2.05) is 39.0 Å². The molecule has 2 N–H and O–H groups in total. The summed E-state index contributed by atoms with van der Waals surface area (Å²) in [5.74, 6) is 0.461. The lowest BCUT2D eigenvalue weighted by atomic mass is 10.1. The summed E-state index contributed by atoms with van der Waals surface area (Å²) in [5, 5.41) is 6.58. The minimum absolute atomic E-state index is 0.235. The predicted molar refractivity (Wildman–Crippen MR) is 112 cm³/mol. The van der Waals surface area contributed by atoms with Crippen LogP contribution in [0.2, 0.25) is 5.02 Å². The van der Waals surface area contributed by atoms with Crippen LogP contribution in [-0.2, 0) is 0 Å². The molecule has 0 radical (unpaired) electrons. The summed E-state index contributed by atoms with van der Waals surface area (Å²) < 4.78 is 5.30. The molecule has 6 nitrogen and oxygen atoms in total. The van der Waals surface area contributed by atoms with E-state index in [9.17, 15) is 4.79 Å². The third-order valence-electron chi connectivity index (χ3n) is 4.34. The molecule has 0 saturated carbocycles. The van der Waals surface area contributed by atoms with Gasteiger partial charge in [0.1, 0.15) is 11.4 Å². The second-order valence-corrected chi connectivity index (χ2v) is 6.82. The number of para-hydroxylation sites is 1. The molecule has 0 bridgehead atoms. The lowest BCUT2D eigenvalue weighted by molar-refractivity contribution is 0.102. The summed E-state index contributed by atoms with van der Waals surface area (Å²) in [5.41, 5.74) is 4.66. The number of ether oxygens (including phenoxy) is 1. The van der Waals surface area contributed by atoms with Gasteiger partial charge >= 0.3 is 0 Å². The number of hydrogen-bond acceptors (Lipinski definition) is 5. The van der Waals surface area contributed by atoms with Crippen LogP contribution in [0.5, 0.6) is 5.75 Å². The number of nitrogens with one attached hydrogen (secondary N) is 2. The number of carbonyl (C=O) groups is 1. The Labute approximate surface area is 168 Å². The monoisotopic (exact) mass is 396 g/mol. The molecule has 0 atom stereocenters. The number of nitrogens with zero attached hydrogens (tertiary/aromatic N) is 2. The van der Waals surface area contributed by atoms with E-state index >= 15 is 0 Å². The average molecular weight is 397 g/mol. The highest BCUT2D eigenvalue weighted by Crippen LogP contribution is 2.31. The van der Waals surface area contributed by atoms with Gasteiger partial charge in [0.15, 0.2) is 0 Å². The maximum Gasteiger partial charge on any atom is 0.274 e. The van der Waals surface area contributed by atoms with Crippen molar-refractivity contribution < 1.29 is 9.53 Å². The molecule has 1 aromatic heterocycles. The number of benzene rings is 2. The van der Waals surface area contributed by atoms with E-state index in [0.717, 1.165) is 22.4 Å². The summed E-state index contributed by atoms with van der Waals surface area (Å²) in [6.45, 7) is 5.86. The van der Waals surface area contributed by atoms with Crippen LogP contribution in [0.25, 0.3) is 0 Å². The maximum atomic E-state index is 12.7. The van der Waals surface area contributed by atoms with Gasteiger partial charge in [0.2, 0.25) is 5.95 Å². The van der Waals surface area contributed by atoms with Gasteiger partial charge < -0.3 is 15.4 Å². The molecule has 0 aliphatic rings. The zero-order valence-electron chi connectivity index (χ0n) is 16.1. The van der Waals surface area contributed by atoms with Gasteiger partial charge in [-0.3, -0.25) is 4.79 Å². The van der Waals surface area contributed by atoms with Crippen LogP contribution in [0, 0.1) is 20.8 Å². The molecule has 0 aliphatic carbocycles. The van der Waals surface area contributed by atoms with E-state index in [1.54, 1.807) is 24.4 Å². The summed E-state index contributed by atoms with van der Waals surface area (Å²) in [6.07, 6.45) is 1.54. The Bertz CT molecular complexity index is 1020. The van der Waals surface area contributed by atoms with Crippen LogP contribution < -0.4 is 15.4 Å². The third kappa shape index (κ3) is 4.23. The Morgan fingerprint density at radius 2 is 1.79 bits per heavy atom. The van der Waals surface area contributed by atoms with E-state index in [2.05, 4.69) is 20.6 Å². The van der Waals surface area contributed by atoms with Crippen LogP contribution >= 0.6 is 11.6 Å². The molecule has 0 unspecified atom stereocenters. The van der Waals surface area contributed by atoms with Crippen molar-refractivity contribution >= 4 is 34.8 Å². The molecule has 28 heavy (non-hydrogen) atoms. The molecule has 144 valence electrons. The van der Waals surface area contributed by atoms with Crippen molar-refractivity contribution in [3.05, 3.63) is 70.0 Å². The fraction of sp³-hybridized carbons (Fsp3) is 0.190. The Kier molecular flexibility index (Phi) is 5.80. The van der Waals surface area contributed by atoms with Gasteiger partial charge in [-0.05, 0) is 49.6 Å². The number of aromatic nitrogens is 2. The first kappa shape index (κ1) is 19.6. The summed E-state index contributed by atoms with van der Waals surface area (Å²) >= 11 is 6.12. The van der Waals surface area contributed by atoms with Crippen LogP contribution in [-0.4, -0.2) is 23.0 Å². The Balaban J connectivity index is 1.84. The predicted octanol–water partition coefficient (Wildman–Crippen LogP) is 5.06. The molecule has 2 aromatic carbocycles. The molecule has 0 aliphatic heterocycles. The van der Waals surface area contributed by atoms with Gasteiger partial charge in [-0.1, -0.05) is 29.8 Å². The normalized spacial score (nSPS) is 10.5. The fourth-order valence-electron chi connectivity index (χ4n) is 2.78. The minimum atomic E-state index is -0.369. The average Bonchev–Trinajstić information content (AvgIpc) is 2.67. The van der Waals surface area contributed by atoms with Gasteiger partial charge in [0.25, 0.3) is 5.91 Å². The first-order valence-electron chi connectivity index (χ1n) is 8.71. The number of aryl methyl sites for hydroxylation is 3. The van der Waals surface area contributed by atoms with Crippen molar-refractivity contribution in [3.8, 4) is 5.75 Å². The van der Waals surface area contributed by atoms with Crippen molar-refractivity contribution in [2.24, 2.45) is 0 Å². The highest BCUT2D eigenvalue weighted by atomic mass is 35.5. The molecule has 0 fully saturated rings. The van der Waals surface area contributed by atoms with Crippen LogP contribution in [0.4, 0.5) is 17.3 Å². The Morgan fingerprint density at radius 1 is 1.07 bits per heavy atom. The van der Waals surface area contributed by atoms with Crippen molar-refractivity contribution in [3.63, 3.8) is 0 Å². The van der Waals surface area contributed by atoms with Gasteiger partial charge in [-0.25, -0.2) is 9.97 Å². The van der Waals surface area contributed by atoms with Crippen LogP contribution in [0.1, 0.15) is 27.2 Å². The second-order valence-electron chi connectivity index (χ2n) is 6.41. The largest absolute Gasteiger partial charge is 0.495 e. The minimum Gasteiger partial charge on any atom is -0.495 e. The number of hydrogen-bond donors (Lipinski definition) is 2. The van der Waals surface area contributed by atoms with Gasteiger partial charge in [-0.15, -0.1) is 0 Å². The van der Waals surface area contributed by atoms with E-state index in [-0.39, 0.29) is 11.6 Å². The van der Waals surface area contributed by atoms with Crippen molar-refractivity contribution in [2.45, 2.75) is 20.8 Å². The topological polar surface area (TPSA) is 76.1 Å². The van der Waals surface area contributed by atoms with E-state index in [0.29, 0.717) is 22.4 Å². The molecule has 1 heterocycles. The lowest BCUT2D eigenvalue weighted by Crippen LogP contribution is -2.15. The molecule has 3 rings (SSSR count). The highest BCUT2D eigenvalue weighted by molar-refractivity contribution is 6.31. The zero-order chi connectivity index (χ0) is 20.3. The Hall–Kier alpha value is -3.12. The third-order valence-corrected chi connectivity index (χ3v) is 4.74. The van der Waals surface area contributed by atoms with E-state index < -0.39 is 0 Å². The number of anilines is 3. The molecular formula is C21H21ClN4O2. The number of rotatable bonds is 5. The number of halogens is 1. The summed E-state index contributed by atoms with van der Waals surface area (Å²) in [4.78, 5) is 21.3. The fourth-order valence-corrected chi connectivity index (χ4v) is 2.94. The zero-order valence-corrected chi connectivity index (χ0v) is 16.9. The second kappa shape index (κ2) is 8.27. The SMILES string of the molecule is COc1cc(Cl)c(C)cc1NC(=O)c1ccnc(Nc2c(C)cccc2C)n1. The van der Waals surface area contributed by atoms with Crippen molar-refractivity contribution in [1.29, 1.82) is 0 Å². The standard InChI is InChI=1S/C21H21ClN4O2/c1-12-6-5-7-13(2)19(12)26-21-23-9-8-16(25-21)20(27)24-17-10-14(3)15(22)11-18(17)28-4/h5-11H,1-4H3,(H,24,27)(H,23,25,26). The molecule has 0 saturated heterocycles. The smallest absolute Gasteiger partial charge is 0.274 e. The molecule has 0 spiro atoms. The van der Waals surface area contributed by atoms with Crippen molar-refractivity contribution in [2.75, 3.05) is 17.7 Å². The number of methoxy groups -OCH3 is 1. The first-order valence-corrected chi connectivity index (χ1v) is 9.08. The first-order chi connectivity index (χ1) is 13.4. The summed E-state index contributed by atoms with van der Waals surface area (Å²) in [6, 6.07) is 11.0. The molecular weight excluding hydrogens is 376 g/mol. The van der Waals surface area contributed by atoms with E-state index in [4.69, 9.17) is 16.3 Å². The molecule has 3 aromatic rings. The maximum absolute atomic E-state index is 12.7. The van der Waals surface area contributed by atoms with Gasteiger partial charge in [0.05, 0.1) is 12.8 Å². The molecule has 7 heteroatoms. The van der Waals surface area contributed by atoms with E-state index in [1.165, 1.54) is 7.11 Å². The van der Waals surface area contributed by atoms with Crippen molar-refractivity contribution in [1.82, 2.24) is 9.97 Å². The van der Waals surface area contributed by atoms with Crippen LogP contribution in [0.15, 0.2) is 42.6 Å². The molecule has 1 amide bonds. The van der Waals surface area contributed by atoms with Gasteiger partial charge in [0, 0.05) is 23.0 Å². The summed E-state index contributed by atoms with van der Waals surface area (Å²) in [7, 11) is 1.52. The Morgan fingerprint density at radius 3 is 2.46 bits per heavy atom. The lowest BCUT2D eigenvalue weighted by Gasteiger charge is -2.13. The quantitative estimate of drug-likeness (QED) is 0.630. The highest BCUT2D eigenvalue weighted by Gasteiger charge is 2.14. The van der Waals surface area contributed by atoms with Crippen LogP contribution in [0.3, 0.4) is 0 Å². The van der Waals surface area contributed by atoms with Gasteiger partial charge in [-0.2, -0.15) is 0 Å².